The molecule has 18 heavy (non-hydrogen) atoms. The van der Waals surface area contributed by atoms with E-state index in [1.807, 2.05) is 13.0 Å². The molecule has 1 aromatic carbocycles. The highest BCUT2D eigenvalue weighted by molar-refractivity contribution is 5.65. The van der Waals surface area contributed by atoms with E-state index in [0.29, 0.717) is 6.04 Å². The highest BCUT2D eigenvalue weighted by atomic mass is 16.5. The summed E-state index contributed by atoms with van der Waals surface area (Å²) in [5, 5.41) is 3.39. The van der Waals surface area contributed by atoms with E-state index < -0.39 is 0 Å². The molecular weight excluding hydrogens is 228 g/mol. The standard InChI is InChI=1S/C14H22N2O2/c1-10-13(17-3)6-5-12(14(10)18-4)16(2)11-7-8-15-9-11/h5-6,11,15H,7-9H2,1-4H3. The van der Waals surface area contributed by atoms with Crippen LogP contribution >= 0.6 is 0 Å². The highest BCUT2D eigenvalue weighted by Gasteiger charge is 2.23. The first-order chi connectivity index (χ1) is 8.69. The zero-order chi connectivity index (χ0) is 13.1. The van der Waals surface area contributed by atoms with Gasteiger partial charge in [-0.2, -0.15) is 0 Å². The molecule has 2 rings (SSSR count). The quantitative estimate of drug-likeness (QED) is 0.883. The molecule has 100 valence electrons. The maximum absolute atomic E-state index is 5.56. The molecule has 4 nitrogen and oxygen atoms in total. The second-order valence-corrected chi connectivity index (χ2v) is 4.70. The van der Waals surface area contributed by atoms with Gasteiger partial charge in [0.15, 0.2) is 0 Å². The van der Waals surface area contributed by atoms with Crippen LogP contribution in [0.15, 0.2) is 12.1 Å². The highest BCUT2D eigenvalue weighted by Crippen LogP contribution is 2.37. The molecule has 1 aliphatic rings. The van der Waals surface area contributed by atoms with E-state index in [1.165, 1.54) is 6.42 Å². The Hall–Kier alpha value is -1.42. The SMILES string of the molecule is COc1ccc(N(C)C2CCNC2)c(OC)c1C. The predicted octanol–water partition coefficient (Wildman–Crippen LogP) is 1.81. The van der Waals surface area contributed by atoms with Crippen LogP contribution in [-0.2, 0) is 0 Å². The molecule has 0 aromatic heterocycles. The molecule has 0 saturated carbocycles. The predicted molar refractivity (Wildman–Crippen MR) is 74.0 cm³/mol. The van der Waals surface area contributed by atoms with Crippen LogP contribution in [0.25, 0.3) is 0 Å². The molecule has 1 N–H and O–H groups in total. The van der Waals surface area contributed by atoms with Gasteiger partial charge in [0.1, 0.15) is 11.5 Å². The molecule has 1 fully saturated rings. The van der Waals surface area contributed by atoms with Crippen molar-refractivity contribution in [2.75, 3.05) is 39.3 Å². The van der Waals surface area contributed by atoms with E-state index in [1.54, 1.807) is 14.2 Å². The van der Waals surface area contributed by atoms with Gasteiger partial charge in [-0.25, -0.2) is 0 Å². The van der Waals surface area contributed by atoms with E-state index in [2.05, 4.69) is 23.3 Å². The number of hydrogen-bond donors (Lipinski definition) is 1. The summed E-state index contributed by atoms with van der Waals surface area (Å²) in [6, 6.07) is 4.61. The average Bonchev–Trinajstić information content (AvgIpc) is 2.91. The van der Waals surface area contributed by atoms with Crippen molar-refractivity contribution in [1.82, 2.24) is 5.32 Å². The minimum Gasteiger partial charge on any atom is -0.496 e. The molecule has 1 atom stereocenters. The number of ether oxygens (including phenoxy) is 2. The molecule has 0 aliphatic carbocycles. The summed E-state index contributed by atoms with van der Waals surface area (Å²) in [6.45, 7) is 4.15. The molecule has 1 unspecified atom stereocenters. The Morgan fingerprint density at radius 1 is 1.28 bits per heavy atom. The number of hydrogen-bond acceptors (Lipinski definition) is 4. The third-order valence-electron chi connectivity index (χ3n) is 3.72. The Kier molecular flexibility index (Phi) is 3.97. The van der Waals surface area contributed by atoms with Crippen molar-refractivity contribution in [3.63, 3.8) is 0 Å². The van der Waals surface area contributed by atoms with Crippen LogP contribution in [0.4, 0.5) is 5.69 Å². The fourth-order valence-corrected chi connectivity index (χ4v) is 2.58. The summed E-state index contributed by atoms with van der Waals surface area (Å²) in [5.41, 5.74) is 2.18. The average molecular weight is 250 g/mol. The Morgan fingerprint density at radius 2 is 2.06 bits per heavy atom. The Labute approximate surface area is 109 Å². The van der Waals surface area contributed by atoms with Gasteiger partial charge < -0.3 is 19.7 Å². The van der Waals surface area contributed by atoms with Crippen molar-refractivity contribution < 1.29 is 9.47 Å². The van der Waals surface area contributed by atoms with Crippen LogP contribution in [0, 0.1) is 6.92 Å². The topological polar surface area (TPSA) is 33.7 Å². The van der Waals surface area contributed by atoms with Gasteiger partial charge in [0.05, 0.1) is 19.9 Å². The molecule has 0 spiro atoms. The van der Waals surface area contributed by atoms with Crippen molar-refractivity contribution >= 4 is 5.69 Å². The molecule has 1 aromatic rings. The molecule has 1 heterocycles. The Balaban J connectivity index is 2.34. The van der Waals surface area contributed by atoms with Gasteiger partial charge in [-0.15, -0.1) is 0 Å². The van der Waals surface area contributed by atoms with Crippen molar-refractivity contribution in [2.45, 2.75) is 19.4 Å². The second-order valence-electron chi connectivity index (χ2n) is 4.70. The van der Waals surface area contributed by atoms with E-state index in [9.17, 15) is 0 Å². The molecule has 0 bridgehead atoms. The summed E-state index contributed by atoms with van der Waals surface area (Å²) >= 11 is 0. The fourth-order valence-electron chi connectivity index (χ4n) is 2.58. The molecular formula is C14H22N2O2. The molecule has 0 radical (unpaired) electrons. The van der Waals surface area contributed by atoms with E-state index in [4.69, 9.17) is 9.47 Å². The van der Waals surface area contributed by atoms with Crippen molar-refractivity contribution in [1.29, 1.82) is 0 Å². The van der Waals surface area contributed by atoms with Gasteiger partial charge in [0, 0.05) is 25.2 Å². The van der Waals surface area contributed by atoms with Crippen LogP contribution in [0.3, 0.4) is 0 Å². The van der Waals surface area contributed by atoms with E-state index in [-0.39, 0.29) is 0 Å². The number of likely N-dealkylation sites (N-methyl/N-ethyl adjacent to an activating group) is 1. The zero-order valence-corrected chi connectivity index (χ0v) is 11.6. The minimum atomic E-state index is 0.534. The zero-order valence-electron chi connectivity index (χ0n) is 11.6. The summed E-state index contributed by atoms with van der Waals surface area (Å²) < 4.78 is 10.9. The summed E-state index contributed by atoms with van der Waals surface area (Å²) in [4.78, 5) is 2.30. The third kappa shape index (κ3) is 2.25. The maximum atomic E-state index is 5.56. The van der Waals surface area contributed by atoms with Crippen LogP contribution in [0.2, 0.25) is 0 Å². The van der Waals surface area contributed by atoms with Gasteiger partial charge in [-0.05, 0) is 32.0 Å². The number of anilines is 1. The van der Waals surface area contributed by atoms with Crippen LogP contribution < -0.4 is 19.7 Å². The van der Waals surface area contributed by atoms with Crippen molar-refractivity contribution in [3.8, 4) is 11.5 Å². The third-order valence-corrected chi connectivity index (χ3v) is 3.72. The Morgan fingerprint density at radius 3 is 2.61 bits per heavy atom. The lowest BCUT2D eigenvalue weighted by Gasteiger charge is -2.28. The van der Waals surface area contributed by atoms with Gasteiger partial charge in [-0.1, -0.05) is 0 Å². The normalized spacial score (nSPS) is 18.8. The number of nitrogens with one attached hydrogen (secondary N) is 1. The monoisotopic (exact) mass is 250 g/mol. The largest absolute Gasteiger partial charge is 0.496 e. The van der Waals surface area contributed by atoms with E-state index in [0.717, 1.165) is 35.8 Å². The van der Waals surface area contributed by atoms with Crippen LogP contribution in [0.5, 0.6) is 11.5 Å². The smallest absolute Gasteiger partial charge is 0.148 e. The molecule has 4 heteroatoms. The van der Waals surface area contributed by atoms with Crippen LogP contribution in [0.1, 0.15) is 12.0 Å². The van der Waals surface area contributed by atoms with Gasteiger partial charge in [0.2, 0.25) is 0 Å². The lowest BCUT2D eigenvalue weighted by molar-refractivity contribution is 0.388. The van der Waals surface area contributed by atoms with E-state index >= 15 is 0 Å². The number of methoxy groups -OCH3 is 2. The second kappa shape index (κ2) is 5.48. The number of nitrogens with zero attached hydrogens (tertiary/aromatic N) is 1. The lowest BCUT2D eigenvalue weighted by Crippen LogP contribution is -2.33. The summed E-state index contributed by atoms with van der Waals surface area (Å²) in [5.74, 6) is 1.78. The first-order valence-corrected chi connectivity index (χ1v) is 6.34. The van der Waals surface area contributed by atoms with Crippen molar-refractivity contribution in [3.05, 3.63) is 17.7 Å². The van der Waals surface area contributed by atoms with Gasteiger partial charge >= 0.3 is 0 Å². The van der Waals surface area contributed by atoms with Gasteiger partial charge in [0.25, 0.3) is 0 Å². The first kappa shape index (κ1) is 13.0. The summed E-state index contributed by atoms with van der Waals surface area (Å²) in [6.07, 6.45) is 1.17. The minimum absolute atomic E-state index is 0.534. The maximum Gasteiger partial charge on any atom is 0.148 e. The van der Waals surface area contributed by atoms with Gasteiger partial charge in [-0.3, -0.25) is 0 Å². The van der Waals surface area contributed by atoms with Crippen molar-refractivity contribution in [2.24, 2.45) is 0 Å². The first-order valence-electron chi connectivity index (χ1n) is 6.34. The Bertz CT molecular complexity index is 415. The number of benzene rings is 1. The molecule has 1 saturated heterocycles. The fraction of sp³-hybridized carbons (Fsp3) is 0.571. The molecule has 0 amide bonds. The summed E-state index contributed by atoms with van der Waals surface area (Å²) in [7, 11) is 5.53. The lowest BCUT2D eigenvalue weighted by atomic mass is 10.1. The molecule has 1 aliphatic heterocycles. The number of rotatable bonds is 4. The van der Waals surface area contributed by atoms with Crippen LogP contribution in [-0.4, -0.2) is 40.4 Å².